The summed E-state index contributed by atoms with van der Waals surface area (Å²) in [4.78, 5) is 15.2. The van der Waals surface area contributed by atoms with Crippen LogP contribution in [0.5, 0.6) is 0 Å². The Balaban J connectivity index is 1.96. The van der Waals surface area contributed by atoms with Crippen LogP contribution in [-0.4, -0.2) is 30.1 Å². The predicted molar refractivity (Wildman–Crippen MR) is 91.9 cm³/mol. The Morgan fingerprint density at radius 2 is 1.88 bits per heavy atom. The third-order valence-corrected chi connectivity index (χ3v) is 4.60. The SMILES string of the molecule is CCN(Cc1ccc(Cl)s1)C(=O)c1ccc(COCC(F)(F)F)cc1. The topological polar surface area (TPSA) is 29.5 Å². The van der Waals surface area contributed by atoms with E-state index in [0.29, 0.717) is 28.6 Å². The summed E-state index contributed by atoms with van der Waals surface area (Å²) < 4.78 is 41.4. The third kappa shape index (κ3) is 6.34. The van der Waals surface area contributed by atoms with Gasteiger partial charge in [-0.05, 0) is 36.8 Å². The van der Waals surface area contributed by atoms with E-state index in [0.717, 1.165) is 4.88 Å². The summed E-state index contributed by atoms with van der Waals surface area (Å²) in [5.74, 6) is -0.144. The van der Waals surface area contributed by atoms with Crippen molar-refractivity contribution in [1.82, 2.24) is 4.90 Å². The number of nitrogens with zero attached hydrogens (tertiary/aromatic N) is 1. The van der Waals surface area contributed by atoms with Gasteiger partial charge in [0.25, 0.3) is 5.91 Å². The number of alkyl halides is 3. The molecule has 0 spiro atoms. The van der Waals surface area contributed by atoms with Crippen LogP contribution in [0.15, 0.2) is 36.4 Å². The van der Waals surface area contributed by atoms with E-state index in [-0.39, 0.29) is 12.5 Å². The second-order valence-corrected chi connectivity index (χ2v) is 7.13. The molecular formula is C17H17ClF3NO2S. The molecule has 0 aliphatic carbocycles. The molecule has 3 nitrogen and oxygen atoms in total. The lowest BCUT2D eigenvalue weighted by atomic mass is 10.1. The van der Waals surface area contributed by atoms with Gasteiger partial charge in [-0.3, -0.25) is 4.79 Å². The highest BCUT2D eigenvalue weighted by Gasteiger charge is 2.27. The molecule has 0 N–H and O–H groups in total. The summed E-state index contributed by atoms with van der Waals surface area (Å²) in [7, 11) is 0. The molecule has 0 saturated heterocycles. The average Bonchev–Trinajstić information content (AvgIpc) is 2.96. The van der Waals surface area contributed by atoms with Gasteiger partial charge in [-0.15, -0.1) is 11.3 Å². The number of carbonyl (C=O) groups excluding carboxylic acids is 1. The molecule has 0 radical (unpaired) electrons. The Bertz CT molecular complexity index is 701. The highest BCUT2D eigenvalue weighted by Crippen LogP contribution is 2.23. The minimum absolute atomic E-state index is 0.144. The van der Waals surface area contributed by atoms with E-state index < -0.39 is 12.8 Å². The fourth-order valence-electron chi connectivity index (χ4n) is 2.16. The van der Waals surface area contributed by atoms with Crippen LogP contribution in [0.1, 0.15) is 27.7 Å². The molecule has 0 unspecified atom stereocenters. The van der Waals surface area contributed by atoms with Gasteiger partial charge < -0.3 is 9.64 Å². The standard InChI is InChI=1S/C17H17ClF3NO2S/c1-2-22(9-14-7-8-15(18)25-14)16(23)13-5-3-12(4-6-13)10-24-11-17(19,20)21/h3-8H,2,9-11H2,1H3. The lowest BCUT2D eigenvalue weighted by Crippen LogP contribution is -2.29. The molecular weight excluding hydrogens is 375 g/mol. The second kappa shape index (κ2) is 8.69. The summed E-state index contributed by atoms with van der Waals surface area (Å²) in [5, 5.41) is 0. The molecule has 0 aliphatic heterocycles. The van der Waals surface area contributed by atoms with Gasteiger partial charge in [-0.25, -0.2) is 0 Å². The minimum Gasteiger partial charge on any atom is -0.367 e. The van der Waals surface area contributed by atoms with Crippen molar-refractivity contribution in [1.29, 1.82) is 0 Å². The molecule has 1 heterocycles. The van der Waals surface area contributed by atoms with E-state index in [1.807, 2.05) is 13.0 Å². The van der Waals surface area contributed by atoms with Crippen LogP contribution in [-0.2, 0) is 17.9 Å². The maximum absolute atomic E-state index is 12.6. The highest BCUT2D eigenvalue weighted by molar-refractivity contribution is 7.16. The van der Waals surface area contributed by atoms with Crippen molar-refractivity contribution in [3.8, 4) is 0 Å². The van der Waals surface area contributed by atoms with Crippen LogP contribution in [0.25, 0.3) is 0 Å². The second-order valence-electron chi connectivity index (χ2n) is 5.33. The number of halogens is 4. The normalized spacial score (nSPS) is 11.6. The smallest absolute Gasteiger partial charge is 0.367 e. The molecule has 0 aliphatic rings. The largest absolute Gasteiger partial charge is 0.411 e. The fraction of sp³-hybridized carbons (Fsp3) is 0.353. The Hall–Kier alpha value is -1.57. The number of ether oxygens (including phenoxy) is 1. The molecule has 0 bridgehead atoms. The molecule has 2 rings (SSSR count). The first kappa shape index (κ1) is 19.8. The molecule has 1 aromatic heterocycles. The first-order valence-electron chi connectivity index (χ1n) is 7.55. The molecule has 8 heteroatoms. The summed E-state index contributed by atoms with van der Waals surface area (Å²) in [6.07, 6.45) is -4.35. The summed E-state index contributed by atoms with van der Waals surface area (Å²) in [6, 6.07) is 10.1. The molecule has 136 valence electrons. The monoisotopic (exact) mass is 391 g/mol. The average molecular weight is 392 g/mol. The van der Waals surface area contributed by atoms with Crippen molar-refractivity contribution in [2.75, 3.05) is 13.2 Å². The van der Waals surface area contributed by atoms with Gasteiger partial charge in [0.05, 0.1) is 17.5 Å². The van der Waals surface area contributed by atoms with E-state index in [1.54, 1.807) is 35.2 Å². The fourth-order valence-corrected chi connectivity index (χ4v) is 3.27. The zero-order valence-electron chi connectivity index (χ0n) is 13.5. The van der Waals surface area contributed by atoms with Gasteiger partial charge in [-0.2, -0.15) is 13.2 Å². The van der Waals surface area contributed by atoms with Crippen LogP contribution in [0.2, 0.25) is 4.34 Å². The molecule has 1 aromatic carbocycles. The summed E-state index contributed by atoms with van der Waals surface area (Å²) >= 11 is 7.32. The van der Waals surface area contributed by atoms with Gasteiger partial charge in [0.2, 0.25) is 0 Å². The van der Waals surface area contributed by atoms with Gasteiger partial charge >= 0.3 is 6.18 Å². The van der Waals surface area contributed by atoms with Crippen molar-refractivity contribution >= 4 is 28.8 Å². The molecule has 25 heavy (non-hydrogen) atoms. The summed E-state index contributed by atoms with van der Waals surface area (Å²) in [5.41, 5.74) is 1.05. The third-order valence-electron chi connectivity index (χ3n) is 3.38. The minimum atomic E-state index is -4.35. The van der Waals surface area contributed by atoms with Crippen molar-refractivity contribution in [3.05, 3.63) is 56.7 Å². The first-order valence-corrected chi connectivity index (χ1v) is 8.75. The number of hydrogen-bond acceptors (Lipinski definition) is 3. The van der Waals surface area contributed by atoms with E-state index >= 15 is 0 Å². The Labute approximate surface area is 153 Å². The van der Waals surface area contributed by atoms with Crippen LogP contribution in [0.4, 0.5) is 13.2 Å². The maximum Gasteiger partial charge on any atom is 0.411 e. The number of amides is 1. The van der Waals surface area contributed by atoms with Crippen LogP contribution >= 0.6 is 22.9 Å². The number of thiophene rings is 1. The number of carbonyl (C=O) groups is 1. The molecule has 2 aromatic rings. The highest BCUT2D eigenvalue weighted by atomic mass is 35.5. The van der Waals surface area contributed by atoms with E-state index in [9.17, 15) is 18.0 Å². The van der Waals surface area contributed by atoms with Gasteiger partial charge in [-0.1, -0.05) is 23.7 Å². The Kier molecular flexibility index (Phi) is 6.87. The zero-order chi connectivity index (χ0) is 18.4. The van der Waals surface area contributed by atoms with Gasteiger partial charge in [0.15, 0.2) is 0 Å². The number of hydrogen-bond donors (Lipinski definition) is 0. The van der Waals surface area contributed by atoms with Crippen LogP contribution in [0, 0.1) is 0 Å². The Morgan fingerprint density at radius 3 is 2.40 bits per heavy atom. The molecule has 1 amide bonds. The zero-order valence-corrected chi connectivity index (χ0v) is 15.0. The van der Waals surface area contributed by atoms with Gasteiger partial charge in [0.1, 0.15) is 6.61 Å². The predicted octanol–water partition coefficient (Wildman–Crippen LogP) is 5.14. The van der Waals surface area contributed by atoms with E-state index in [1.165, 1.54) is 11.3 Å². The lowest BCUT2D eigenvalue weighted by Gasteiger charge is -2.20. The van der Waals surface area contributed by atoms with Crippen molar-refractivity contribution in [2.24, 2.45) is 0 Å². The van der Waals surface area contributed by atoms with Gasteiger partial charge in [0, 0.05) is 17.0 Å². The van der Waals surface area contributed by atoms with Crippen molar-refractivity contribution in [3.63, 3.8) is 0 Å². The van der Waals surface area contributed by atoms with E-state index in [2.05, 4.69) is 4.74 Å². The van der Waals surface area contributed by atoms with Crippen molar-refractivity contribution in [2.45, 2.75) is 26.3 Å². The number of rotatable bonds is 7. The van der Waals surface area contributed by atoms with E-state index in [4.69, 9.17) is 11.6 Å². The molecule has 0 fully saturated rings. The molecule has 0 atom stereocenters. The first-order chi connectivity index (χ1) is 11.8. The lowest BCUT2D eigenvalue weighted by molar-refractivity contribution is -0.176. The Morgan fingerprint density at radius 1 is 1.20 bits per heavy atom. The number of benzene rings is 1. The van der Waals surface area contributed by atoms with Crippen molar-refractivity contribution < 1.29 is 22.7 Å². The summed E-state index contributed by atoms with van der Waals surface area (Å²) in [6.45, 7) is 1.43. The van der Waals surface area contributed by atoms with Crippen LogP contribution in [0.3, 0.4) is 0 Å². The van der Waals surface area contributed by atoms with Crippen LogP contribution < -0.4 is 0 Å². The maximum atomic E-state index is 12.6. The quantitative estimate of drug-likeness (QED) is 0.653. The molecule has 0 saturated carbocycles.